The van der Waals surface area contributed by atoms with Crippen LogP contribution in [-0.2, 0) is 5.75 Å². The lowest BCUT2D eigenvalue weighted by atomic mass is 10.2. The molecule has 3 rings (SSSR count). The van der Waals surface area contributed by atoms with E-state index in [0.717, 1.165) is 16.5 Å². The first-order chi connectivity index (χ1) is 10.8. The summed E-state index contributed by atoms with van der Waals surface area (Å²) in [5.74, 6) is 0.835. The summed E-state index contributed by atoms with van der Waals surface area (Å²) in [6, 6.07) is 12.3. The fourth-order valence-corrected chi connectivity index (χ4v) is 2.63. The lowest BCUT2D eigenvalue weighted by molar-refractivity contribution is 0.767. The molecule has 0 radical (unpaired) electrons. The Morgan fingerprint density at radius 3 is 2.86 bits per heavy atom. The molecule has 0 aliphatic heterocycles. The molecule has 6 heteroatoms. The van der Waals surface area contributed by atoms with Crippen LogP contribution in [0.1, 0.15) is 16.7 Å². The summed E-state index contributed by atoms with van der Waals surface area (Å²) < 4.78 is 1.67. The van der Waals surface area contributed by atoms with Crippen molar-refractivity contribution in [3.8, 4) is 0 Å². The number of aryl methyl sites for hydroxylation is 1. The maximum atomic E-state index is 4.37. The molecule has 0 amide bonds. The fraction of sp³-hybridized carbons (Fsp3) is 0.125. The lowest BCUT2D eigenvalue weighted by Crippen LogP contribution is -1.93. The molecule has 1 aromatic carbocycles. The maximum absolute atomic E-state index is 4.37. The van der Waals surface area contributed by atoms with E-state index in [0.29, 0.717) is 0 Å². The van der Waals surface area contributed by atoms with E-state index < -0.39 is 0 Å². The van der Waals surface area contributed by atoms with Crippen LogP contribution in [0.3, 0.4) is 0 Å². The lowest BCUT2D eigenvalue weighted by Gasteiger charge is -2.02. The van der Waals surface area contributed by atoms with Gasteiger partial charge in [0.25, 0.3) is 0 Å². The quantitative estimate of drug-likeness (QED) is 0.536. The zero-order valence-electron chi connectivity index (χ0n) is 12.1. The Balaban J connectivity index is 1.67. The smallest absolute Gasteiger partial charge is 0.212 e. The molecule has 0 unspecified atom stereocenters. The van der Waals surface area contributed by atoms with E-state index in [1.807, 2.05) is 12.1 Å². The van der Waals surface area contributed by atoms with Gasteiger partial charge in [0.15, 0.2) is 0 Å². The molecule has 0 saturated carbocycles. The Labute approximate surface area is 133 Å². The molecule has 5 nitrogen and oxygen atoms in total. The zero-order valence-corrected chi connectivity index (χ0v) is 12.9. The predicted molar refractivity (Wildman–Crippen MR) is 88.0 cm³/mol. The van der Waals surface area contributed by atoms with Crippen LogP contribution in [0.2, 0.25) is 0 Å². The third-order valence-corrected chi connectivity index (χ3v) is 4.01. The number of hydrogen-bond donors (Lipinski definition) is 0. The molecule has 2 aromatic heterocycles. The van der Waals surface area contributed by atoms with Crippen LogP contribution in [0.15, 0.2) is 65.4 Å². The van der Waals surface area contributed by atoms with Crippen molar-refractivity contribution >= 4 is 18.0 Å². The van der Waals surface area contributed by atoms with Gasteiger partial charge in [-0.15, -0.1) is 10.2 Å². The normalized spacial score (nSPS) is 11.1. The fourth-order valence-electron chi connectivity index (χ4n) is 1.81. The van der Waals surface area contributed by atoms with Gasteiger partial charge in [-0.05, 0) is 18.6 Å². The Morgan fingerprint density at radius 2 is 2.09 bits per heavy atom. The van der Waals surface area contributed by atoms with Crippen LogP contribution in [0, 0.1) is 6.92 Å². The van der Waals surface area contributed by atoms with Crippen molar-refractivity contribution in [2.24, 2.45) is 5.10 Å². The van der Waals surface area contributed by atoms with Crippen LogP contribution >= 0.6 is 11.8 Å². The summed E-state index contributed by atoms with van der Waals surface area (Å²) in [6.45, 7) is 2.08. The van der Waals surface area contributed by atoms with Gasteiger partial charge >= 0.3 is 0 Å². The van der Waals surface area contributed by atoms with E-state index in [9.17, 15) is 0 Å². The number of nitrogens with zero attached hydrogens (tertiary/aromatic N) is 5. The van der Waals surface area contributed by atoms with Crippen molar-refractivity contribution in [3.05, 3.63) is 71.8 Å². The van der Waals surface area contributed by atoms with Crippen molar-refractivity contribution in [1.29, 1.82) is 0 Å². The standard InChI is InChI=1S/C16H15N5S/c1-13-4-6-14(7-5-13)11-22-16-20-18-12-21(16)19-10-15-3-2-8-17-9-15/h2-10,12H,11H2,1H3/b19-10-. The van der Waals surface area contributed by atoms with Crippen molar-refractivity contribution in [1.82, 2.24) is 19.9 Å². The highest BCUT2D eigenvalue weighted by molar-refractivity contribution is 7.98. The SMILES string of the molecule is Cc1ccc(CSc2nncn2/N=C\c2cccnc2)cc1. The third-order valence-electron chi connectivity index (χ3n) is 3.00. The second kappa shape index (κ2) is 7.00. The number of aromatic nitrogens is 4. The Bertz CT molecular complexity index is 750. The van der Waals surface area contributed by atoms with Crippen LogP contribution in [-0.4, -0.2) is 26.1 Å². The van der Waals surface area contributed by atoms with E-state index in [1.54, 1.807) is 41.4 Å². The van der Waals surface area contributed by atoms with E-state index in [2.05, 4.69) is 51.5 Å². The van der Waals surface area contributed by atoms with Crippen molar-refractivity contribution in [2.45, 2.75) is 17.8 Å². The van der Waals surface area contributed by atoms with Gasteiger partial charge in [-0.25, -0.2) is 0 Å². The van der Waals surface area contributed by atoms with Gasteiger partial charge in [-0.2, -0.15) is 9.78 Å². The molecule has 2 heterocycles. The second-order valence-corrected chi connectivity index (χ2v) is 5.71. The monoisotopic (exact) mass is 309 g/mol. The molecule has 0 spiro atoms. The molecule has 0 saturated heterocycles. The molecule has 0 atom stereocenters. The minimum atomic E-state index is 0.765. The number of benzene rings is 1. The van der Waals surface area contributed by atoms with Crippen LogP contribution < -0.4 is 0 Å². The number of rotatable bonds is 5. The number of thioether (sulfide) groups is 1. The van der Waals surface area contributed by atoms with E-state index >= 15 is 0 Å². The average Bonchev–Trinajstić information content (AvgIpc) is 3.01. The Hall–Kier alpha value is -2.47. The average molecular weight is 309 g/mol. The molecular weight excluding hydrogens is 294 g/mol. The first-order valence-electron chi connectivity index (χ1n) is 6.84. The van der Waals surface area contributed by atoms with Gasteiger partial charge in [0.1, 0.15) is 6.33 Å². The first-order valence-corrected chi connectivity index (χ1v) is 7.82. The topological polar surface area (TPSA) is 56.0 Å². The second-order valence-electron chi connectivity index (χ2n) is 4.76. The van der Waals surface area contributed by atoms with E-state index in [-0.39, 0.29) is 0 Å². The minimum absolute atomic E-state index is 0.765. The van der Waals surface area contributed by atoms with Crippen molar-refractivity contribution < 1.29 is 0 Å². The summed E-state index contributed by atoms with van der Waals surface area (Å²) in [5, 5.41) is 13.2. The predicted octanol–water partition coefficient (Wildman–Crippen LogP) is 3.16. The van der Waals surface area contributed by atoms with E-state index in [4.69, 9.17) is 0 Å². The number of pyridine rings is 1. The Kier molecular flexibility index (Phi) is 4.60. The summed E-state index contributed by atoms with van der Waals surface area (Å²) in [7, 11) is 0. The van der Waals surface area contributed by atoms with Crippen molar-refractivity contribution in [3.63, 3.8) is 0 Å². The van der Waals surface area contributed by atoms with Gasteiger partial charge in [0.2, 0.25) is 5.16 Å². The minimum Gasteiger partial charge on any atom is -0.264 e. The van der Waals surface area contributed by atoms with E-state index in [1.165, 1.54) is 11.1 Å². The highest BCUT2D eigenvalue weighted by atomic mass is 32.2. The van der Waals surface area contributed by atoms with Crippen LogP contribution in [0.25, 0.3) is 0 Å². The molecular formula is C16H15N5S. The molecule has 0 aliphatic carbocycles. The molecule has 0 N–H and O–H groups in total. The van der Waals surface area contributed by atoms with Gasteiger partial charge in [-0.1, -0.05) is 47.7 Å². The summed E-state index contributed by atoms with van der Waals surface area (Å²) in [4.78, 5) is 4.05. The molecule has 3 aromatic rings. The highest BCUT2D eigenvalue weighted by Gasteiger charge is 2.04. The third kappa shape index (κ3) is 3.79. The van der Waals surface area contributed by atoms with Crippen LogP contribution in [0.4, 0.5) is 0 Å². The van der Waals surface area contributed by atoms with Crippen LogP contribution in [0.5, 0.6) is 0 Å². The summed E-state index contributed by atoms with van der Waals surface area (Å²) >= 11 is 1.61. The molecule has 110 valence electrons. The molecule has 22 heavy (non-hydrogen) atoms. The Morgan fingerprint density at radius 1 is 1.23 bits per heavy atom. The van der Waals surface area contributed by atoms with Gasteiger partial charge in [0.05, 0.1) is 6.21 Å². The maximum Gasteiger partial charge on any atom is 0.212 e. The zero-order chi connectivity index (χ0) is 15.2. The van der Waals surface area contributed by atoms with Crippen molar-refractivity contribution in [2.75, 3.05) is 0 Å². The summed E-state index contributed by atoms with van der Waals surface area (Å²) in [6.07, 6.45) is 6.84. The van der Waals surface area contributed by atoms with Gasteiger partial charge in [-0.3, -0.25) is 4.98 Å². The van der Waals surface area contributed by atoms with Gasteiger partial charge < -0.3 is 0 Å². The molecule has 0 bridgehead atoms. The summed E-state index contributed by atoms with van der Waals surface area (Å²) in [5.41, 5.74) is 3.45. The highest BCUT2D eigenvalue weighted by Crippen LogP contribution is 2.20. The first kappa shape index (κ1) is 14.5. The number of hydrogen-bond acceptors (Lipinski definition) is 5. The molecule has 0 aliphatic rings. The molecule has 0 fully saturated rings. The largest absolute Gasteiger partial charge is 0.264 e. The van der Waals surface area contributed by atoms with Gasteiger partial charge in [0, 0.05) is 23.7 Å².